The lowest BCUT2D eigenvalue weighted by atomic mass is 10.3. The van der Waals surface area contributed by atoms with Crippen LogP contribution in [-0.2, 0) is 10.1 Å². The van der Waals surface area contributed by atoms with Gasteiger partial charge in [0.25, 0.3) is 10.1 Å². The average molecular weight is 245 g/mol. The summed E-state index contributed by atoms with van der Waals surface area (Å²) in [5.41, 5.74) is 0. The van der Waals surface area contributed by atoms with E-state index in [4.69, 9.17) is 9.66 Å². The van der Waals surface area contributed by atoms with Crippen molar-refractivity contribution in [2.45, 2.75) is 12.8 Å². The van der Waals surface area contributed by atoms with Crippen LogP contribution in [-0.4, -0.2) is 28.8 Å². The van der Waals surface area contributed by atoms with Crippen LogP contribution in [0, 0.1) is 0 Å². The lowest BCUT2D eigenvalue weighted by Gasteiger charge is -1.91. The van der Waals surface area contributed by atoms with E-state index in [9.17, 15) is 8.42 Å². The molecule has 1 aromatic rings. The average Bonchev–Trinajstić information content (AvgIpc) is 2.27. The fourth-order valence-electron chi connectivity index (χ4n) is 0.771. The predicted molar refractivity (Wildman–Crippen MR) is 61.7 cm³/mol. The molecule has 0 spiro atoms. The van der Waals surface area contributed by atoms with Crippen molar-refractivity contribution in [1.82, 2.24) is 4.98 Å². The fourth-order valence-corrected chi connectivity index (χ4v) is 1.30. The van der Waals surface area contributed by atoms with Crippen LogP contribution >= 0.6 is 0 Å². The Morgan fingerprint density at radius 3 is 2.12 bits per heavy atom. The van der Waals surface area contributed by atoms with E-state index in [1.165, 1.54) is 6.08 Å². The molecule has 0 aliphatic carbocycles. The summed E-state index contributed by atoms with van der Waals surface area (Å²) in [6, 6.07) is 5.72. The summed E-state index contributed by atoms with van der Waals surface area (Å²) in [7, 11) is -3.82. The van der Waals surface area contributed by atoms with Crippen LogP contribution < -0.4 is 0 Å². The minimum absolute atomic E-state index is 0.253. The normalized spacial score (nSPS) is 10.8. The van der Waals surface area contributed by atoms with Gasteiger partial charge in [-0.25, -0.2) is 0 Å². The van der Waals surface area contributed by atoms with Gasteiger partial charge in [-0.3, -0.25) is 9.54 Å². The van der Waals surface area contributed by atoms with E-state index in [1.54, 1.807) is 12.4 Å². The molecule has 1 heterocycles. The quantitative estimate of drug-likeness (QED) is 0.480. The van der Waals surface area contributed by atoms with Gasteiger partial charge in [-0.05, 0) is 25.0 Å². The third-order valence-corrected chi connectivity index (χ3v) is 2.25. The molecule has 0 aromatic carbocycles. The molecule has 0 aliphatic heterocycles. The smallest absolute Gasteiger partial charge is 0.264 e. The molecule has 1 aromatic heterocycles. The molecule has 0 fully saturated rings. The molecule has 0 aliphatic rings. The summed E-state index contributed by atoms with van der Waals surface area (Å²) < 4.78 is 28.3. The number of hydrogen-bond donors (Lipinski definition) is 2. The summed E-state index contributed by atoms with van der Waals surface area (Å²) in [5, 5.41) is 8.10. The SMILES string of the molecule is O=S(=O)(O)CCCC=CO.c1ccncc1. The van der Waals surface area contributed by atoms with Crippen LogP contribution in [0.25, 0.3) is 0 Å². The second-order valence-electron chi connectivity index (χ2n) is 2.84. The van der Waals surface area contributed by atoms with Crippen LogP contribution in [0.5, 0.6) is 0 Å². The Morgan fingerprint density at radius 2 is 1.81 bits per heavy atom. The molecule has 16 heavy (non-hydrogen) atoms. The summed E-state index contributed by atoms with van der Waals surface area (Å²) in [5.74, 6) is -0.253. The fraction of sp³-hybridized carbons (Fsp3) is 0.300. The van der Waals surface area contributed by atoms with E-state index in [1.807, 2.05) is 18.2 Å². The third-order valence-electron chi connectivity index (χ3n) is 1.44. The summed E-state index contributed by atoms with van der Waals surface area (Å²) >= 11 is 0. The number of unbranched alkanes of at least 4 members (excludes halogenated alkanes) is 1. The van der Waals surface area contributed by atoms with E-state index in [0.717, 1.165) is 6.26 Å². The summed E-state index contributed by atoms with van der Waals surface area (Å²) in [6.45, 7) is 0. The number of allylic oxidation sites excluding steroid dienone is 1. The number of aromatic nitrogens is 1. The van der Waals surface area contributed by atoms with Gasteiger partial charge >= 0.3 is 0 Å². The van der Waals surface area contributed by atoms with E-state index in [-0.39, 0.29) is 5.75 Å². The van der Waals surface area contributed by atoms with Crippen LogP contribution in [0.1, 0.15) is 12.8 Å². The number of aliphatic hydroxyl groups is 1. The van der Waals surface area contributed by atoms with E-state index in [2.05, 4.69) is 4.98 Å². The van der Waals surface area contributed by atoms with Crippen LogP contribution in [0.15, 0.2) is 42.9 Å². The number of aliphatic hydroxyl groups excluding tert-OH is 1. The van der Waals surface area contributed by atoms with E-state index < -0.39 is 10.1 Å². The largest absolute Gasteiger partial charge is 0.516 e. The highest BCUT2D eigenvalue weighted by atomic mass is 32.2. The van der Waals surface area contributed by atoms with Crippen molar-refractivity contribution in [3.8, 4) is 0 Å². The standard InChI is InChI=1S/C5H5N.C5H10O4S/c1-2-4-6-5-3-1;6-4-2-1-3-5-10(7,8)9/h1-5H;2,4,6H,1,3,5H2,(H,7,8,9). The second kappa shape index (κ2) is 8.87. The van der Waals surface area contributed by atoms with Gasteiger partial charge < -0.3 is 5.11 Å². The maximum atomic E-state index is 10.1. The van der Waals surface area contributed by atoms with Crippen LogP contribution in [0.2, 0.25) is 0 Å². The van der Waals surface area contributed by atoms with Crippen molar-refractivity contribution >= 4 is 10.1 Å². The zero-order chi connectivity index (χ0) is 12.3. The predicted octanol–water partition coefficient (Wildman–Crippen LogP) is 1.81. The van der Waals surface area contributed by atoms with Crippen molar-refractivity contribution in [1.29, 1.82) is 0 Å². The Hall–Kier alpha value is -1.40. The lowest BCUT2D eigenvalue weighted by molar-refractivity contribution is 0.468. The molecular formula is C10H15NO4S. The molecule has 90 valence electrons. The highest BCUT2D eigenvalue weighted by Gasteiger charge is 2.01. The summed E-state index contributed by atoms with van der Waals surface area (Å²) in [4.78, 5) is 3.78. The Labute approximate surface area is 95.2 Å². The topological polar surface area (TPSA) is 87.5 Å². The molecule has 0 radical (unpaired) electrons. The highest BCUT2D eigenvalue weighted by molar-refractivity contribution is 7.85. The molecule has 1 rings (SSSR count). The monoisotopic (exact) mass is 245 g/mol. The van der Waals surface area contributed by atoms with Gasteiger partial charge in [0.05, 0.1) is 12.0 Å². The number of nitrogens with zero attached hydrogens (tertiary/aromatic N) is 1. The van der Waals surface area contributed by atoms with Gasteiger partial charge in [0.1, 0.15) is 0 Å². The van der Waals surface area contributed by atoms with Crippen molar-refractivity contribution in [3.63, 3.8) is 0 Å². The first-order valence-electron chi connectivity index (χ1n) is 4.65. The zero-order valence-electron chi connectivity index (χ0n) is 8.73. The number of hydrogen-bond acceptors (Lipinski definition) is 4. The van der Waals surface area contributed by atoms with E-state index in [0.29, 0.717) is 12.8 Å². The van der Waals surface area contributed by atoms with Crippen molar-refractivity contribution in [2.75, 3.05) is 5.75 Å². The molecule has 6 heteroatoms. The molecule has 0 atom stereocenters. The molecule has 2 N–H and O–H groups in total. The third kappa shape index (κ3) is 12.6. The Balaban J connectivity index is 0.000000315. The van der Waals surface area contributed by atoms with Crippen molar-refractivity contribution < 1.29 is 18.1 Å². The number of pyridine rings is 1. The highest BCUT2D eigenvalue weighted by Crippen LogP contribution is 1.94. The Bertz CT molecular complexity index is 348. The maximum Gasteiger partial charge on any atom is 0.264 e. The minimum Gasteiger partial charge on any atom is -0.516 e. The van der Waals surface area contributed by atoms with Gasteiger partial charge in [-0.2, -0.15) is 8.42 Å². The molecule has 0 saturated heterocycles. The molecule has 5 nitrogen and oxygen atoms in total. The van der Waals surface area contributed by atoms with Gasteiger partial charge in [-0.15, -0.1) is 0 Å². The van der Waals surface area contributed by atoms with Gasteiger partial charge in [-0.1, -0.05) is 12.1 Å². The first-order chi connectivity index (χ1) is 7.56. The van der Waals surface area contributed by atoms with Gasteiger partial charge in [0.15, 0.2) is 0 Å². The summed E-state index contributed by atoms with van der Waals surface area (Å²) in [6.07, 6.45) is 6.56. The molecular weight excluding hydrogens is 230 g/mol. The second-order valence-corrected chi connectivity index (χ2v) is 4.41. The van der Waals surface area contributed by atoms with Crippen molar-refractivity contribution in [2.24, 2.45) is 0 Å². The lowest BCUT2D eigenvalue weighted by Crippen LogP contribution is -2.02. The zero-order valence-corrected chi connectivity index (χ0v) is 9.55. The molecule has 0 unspecified atom stereocenters. The van der Waals surface area contributed by atoms with Gasteiger partial charge in [0.2, 0.25) is 0 Å². The van der Waals surface area contributed by atoms with Crippen molar-refractivity contribution in [3.05, 3.63) is 42.9 Å². The Morgan fingerprint density at radius 1 is 1.19 bits per heavy atom. The Kier molecular flexibility index (Phi) is 8.10. The minimum atomic E-state index is -3.82. The van der Waals surface area contributed by atoms with Crippen LogP contribution in [0.4, 0.5) is 0 Å². The number of rotatable bonds is 4. The first kappa shape index (κ1) is 14.6. The molecule has 0 amide bonds. The van der Waals surface area contributed by atoms with E-state index >= 15 is 0 Å². The van der Waals surface area contributed by atoms with Crippen LogP contribution in [0.3, 0.4) is 0 Å². The first-order valence-corrected chi connectivity index (χ1v) is 6.26. The maximum absolute atomic E-state index is 10.1. The van der Waals surface area contributed by atoms with Gasteiger partial charge in [0, 0.05) is 12.4 Å². The molecule has 0 bridgehead atoms. The molecule has 0 saturated carbocycles.